The molecule has 4 heterocycles. The lowest BCUT2D eigenvalue weighted by molar-refractivity contribution is 0.686. The predicted molar refractivity (Wildman–Crippen MR) is 91.2 cm³/mol. The van der Waals surface area contributed by atoms with Crippen molar-refractivity contribution in [1.29, 1.82) is 0 Å². The molecule has 1 aliphatic rings. The van der Waals surface area contributed by atoms with Crippen LogP contribution in [0.5, 0.6) is 0 Å². The molecule has 0 spiro atoms. The molecular weight excluding hydrogens is 306 g/mol. The standard InChI is InChI=1S/C15H19N9/c1-16-12-5-13(20-9-19-12)23-4-2-3-11(23)6-18-14-7-17-8-15-21-10-22-24(14)15/h5,7-11,18H,2-4,6H2,1H3,(H,16,19,20). The first kappa shape index (κ1) is 14.6. The number of fused-ring (bicyclic) bond motifs is 1. The van der Waals surface area contributed by atoms with Crippen molar-refractivity contribution in [2.24, 2.45) is 0 Å². The topological polar surface area (TPSA) is 96.2 Å². The van der Waals surface area contributed by atoms with E-state index < -0.39 is 0 Å². The SMILES string of the molecule is CNc1cc(N2CCCC2CNc2cncc3ncnn23)ncn1. The van der Waals surface area contributed by atoms with Gasteiger partial charge in [0.2, 0.25) is 0 Å². The smallest absolute Gasteiger partial charge is 0.175 e. The van der Waals surface area contributed by atoms with Crippen molar-refractivity contribution in [3.8, 4) is 0 Å². The first-order valence-corrected chi connectivity index (χ1v) is 7.99. The zero-order chi connectivity index (χ0) is 16.4. The van der Waals surface area contributed by atoms with Crippen LogP contribution in [-0.4, -0.2) is 55.7 Å². The lowest BCUT2D eigenvalue weighted by Crippen LogP contribution is -2.35. The van der Waals surface area contributed by atoms with Crippen LogP contribution in [0, 0.1) is 0 Å². The third-order valence-corrected chi connectivity index (χ3v) is 4.29. The second kappa shape index (κ2) is 6.26. The molecule has 1 fully saturated rings. The molecule has 0 aromatic carbocycles. The van der Waals surface area contributed by atoms with Crippen molar-refractivity contribution >= 4 is 23.1 Å². The van der Waals surface area contributed by atoms with Crippen molar-refractivity contribution in [3.05, 3.63) is 31.1 Å². The molecule has 0 saturated carbocycles. The van der Waals surface area contributed by atoms with Crippen molar-refractivity contribution in [2.75, 3.05) is 35.7 Å². The molecule has 124 valence electrons. The van der Waals surface area contributed by atoms with Gasteiger partial charge in [0.1, 0.15) is 30.1 Å². The first-order valence-electron chi connectivity index (χ1n) is 7.99. The Morgan fingerprint density at radius 1 is 1.21 bits per heavy atom. The number of rotatable bonds is 5. The summed E-state index contributed by atoms with van der Waals surface area (Å²) in [5, 5.41) is 10.7. The molecule has 1 aliphatic heterocycles. The summed E-state index contributed by atoms with van der Waals surface area (Å²) in [4.78, 5) is 19.3. The molecule has 0 radical (unpaired) electrons. The van der Waals surface area contributed by atoms with Gasteiger partial charge in [0, 0.05) is 32.2 Å². The Hall–Kier alpha value is -2.97. The van der Waals surface area contributed by atoms with Gasteiger partial charge in [-0.15, -0.1) is 0 Å². The van der Waals surface area contributed by atoms with E-state index in [0.29, 0.717) is 6.04 Å². The molecule has 0 aliphatic carbocycles. The maximum absolute atomic E-state index is 4.42. The van der Waals surface area contributed by atoms with E-state index in [1.54, 1.807) is 23.2 Å². The van der Waals surface area contributed by atoms with Gasteiger partial charge < -0.3 is 15.5 Å². The molecule has 9 heteroatoms. The van der Waals surface area contributed by atoms with Gasteiger partial charge >= 0.3 is 0 Å². The molecule has 3 aromatic heterocycles. The monoisotopic (exact) mass is 325 g/mol. The van der Waals surface area contributed by atoms with Crippen LogP contribution in [0.1, 0.15) is 12.8 Å². The molecule has 3 aromatic rings. The zero-order valence-electron chi connectivity index (χ0n) is 13.4. The number of hydrogen-bond donors (Lipinski definition) is 2. The van der Waals surface area contributed by atoms with E-state index in [4.69, 9.17) is 0 Å². The zero-order valence-corrected chi connectivity index (χ0v) is 13.4. The Balaban J connectivity index is 1.50. The number of hydrogen-bond acceptors (Lipinski definition) is 8. The van der Waals surface area contributed by atoms with Gasteiger partial charge in [-0.3, -0.25) is 4.98 Å². The van der Waals surface area contributed by atoms with Gasteiger partial charge in [0.25, 0.3) is 0 Å². The average Bonchev–Trinajstić information content (AvgIpc) is 3.29. The van der Waals surface area contributed by atoms with E-state index in [9.17, 15) is 0 Å². The van der Waals surface area contributed by atoms with Crippen LogP contribution in [0.2, 0.25) is 0 Å². The average molecular weight is 325 g/mol. The molecule has 0 bridgehead atoms. The normalized spacial score (nSPS) is 17.4. The highest BCUT2D eigenvalue weighted by molar-refractivity contribution is 5.50. The molecule has 0 amide bonds. The Morgan fingerprint density at radius 2 is 2.17 bits per heavy atom. The second-order valence-electron chi connectivity index (χ2n) is 5.70. The summed E-state index contributed by atoms with van der Waals surface area (Å²) >= 11 is 0. The number of nitrogens with one attached hydrogen (secondary N) is 2. The highest BCUT2D eigenvalue weighted by Crippen LogP contribution is 2.25. The molecule has 9 nitrogen and oxygen atoms in total. The van der Waals surface area contributed by atoms with E-state index >= 15 is 0 Å². The second-order valence-corrected chi connectivity index (χ2v) is 5.70. The fraction of sp³-hybridized carbons (Fsp3) is 0.400. The van der Waals surface area contributed by atoms with Crippen molar-refractivity contribution < 1.29 is 0 Å². The van der Waals surface area contributed by atoms with Gasteiger partial charge in [-0.05, 0) is 12.8 Å². The van der Waals surface area contributed by atoms with E-state index in [0.717, 1.165) is 49.0 Å². The molecule has 1 atom stereocenters. The summed E-state index contributed by atoms with van der Waals surface area (Å²) in [5.74, 6) is 2.63. The van der Waals surface area contributed by atoms with Crippen molar-refractivity contribution in [1.82, 2.24) is 29.5 Å². The first-order chi connectivity index (χ1) is 11.8. The highest BCUT2D eigenvalue weighted by Gasteiger charge is 2.26. The van der Waals surface area contributed by atoms with Crippen molar-refractivity contribution in [3.63, 3.8) is 0 Å². The molecule has 1 saturated heterocycles. The lowest BCUT2D eigenvalue weighted by Gasteiger charge is -2.26. The largest absolute Gasteiger partial charge is 0.373 e. The Morgan fingerprint density at radius 3 is 3.08 bits per heavy atom. The van der Waals surface area contributed by atoms with E-state index in [-0.39, 0.29) is 0 Å². The summed E-state index contributed by atoms with van der Waals surface area (Å²) in [7, 11) is 1.86. The summed E-state index contributed by atoms with van der Waals surface area (Å²) in [6, 6.07) is 2.35. The third-order valence-electron chi connectivity index (χ3n) is 4.29. The van der Waals surface area contributed by atoms with Crippen LogP contribution >= 0.6 is 0 Å². The third kappa shape index (κ3) is 2.68. The Bertz CT molecular complexity index is 830. The summed E-state index contributed by atoms with van der Waals surface area (Å²) in [6.07, 6.45) is 8.86. The lowest BCUT2D eigenvalue weighted by atomic mass is 10.2. The molecule has 2 N–H and O–H groups in total. The van der Waals surface area contributed by atoms with Crippen LogP contribution in [0.3, 0.4) is 0 Å². The van der Waals surface area contributed by atoms with Gasteiger partial charge in [0.05, 0.1) is 12.4 Å². The molecule has 4 rings (SSSR count). The van der Waals surface area contributed by atoms with Crippen molar-refractivity contribution in [2.45, 2.75) is 18.9 Å². The minimum absolute atomic E-state index is 0.364. The van der Waals surface area contributed by atoms with Gasteiger partial charge in [-0.2, -0.15) is 9.61 Å². The Kier molecular flexibility index (Phi) is 3.81. The summed E-state index contributed by atoms with van der Waals surface area (Å²) in [5.41, 5.74) is 0.734. The van der Waals surface area contributed by atoms with Crippen LogP contribution < -0.4 is 15.5 Å². The van der Waals surface area contributed by atoms with Crippen LogP contribution in [0.25, 0.3) is 5.65 Å². The van der Waals surface area contributed by atoms with Crippen LogP contribution in [0.15, 0.2) is 31.1 Å². The fourth-order valence-corrected chi connectivity index (χ4v) is 3.09. The summed E-state index contributed by atoms with van der Waals surface area (Å²) < 4.78 is 1.76. The minimum Gasteiger partial charge on any atom is -0.373 e. The number of nitrogens with zero attached hydrogens (tertiary/aromatic N) is 7. The molecular formula is C15H19N9. The number of anilines is 3. The fourth-order valence-electron chi connectivity index (χ4n) is 3.09. The van der Waals surface area contributed by atoms with E-state index in [1.165, 1.54) is 6.33 Å². The maximum Gasteiger partial charge on any atom is 0.175 e. The summed E-state index contributed by atoms with van der Waals surface area (Å²) in [6.45, 7) is 1.79. The van der Waals surface area contributed by atoms with Crippen LogP contribution in [0.4, 0.5) is 17.5 Å². The maximum atomic E-state index is 4.42. The quantitative estimate of drug-likeness (QED) is 0.718. The van der Waals surface area contributed by atoms with Gasteiger partial charge in [0.15, 0.2) is 5.65 Å². The van der Waals surface area contributed by atoms with Gasteiger partial charge in [-0.25, -0.2) is 15.0 Å². The van der Waals surface area contributed by atoms with Gasteiger partial charge in [-0.1, -0.05) is 0 Å². The number of aromatic nitrogens is 6. The predicted octanol–water partition coefficient (Wildman–Crippen LogP) is 1.04. The molecule has 24 heavy (non-hydrogen) atoms. The molecule has 1 unspecified atom stereocenters. The van der Waals surface area contributed by atoms with E-state index in [1.807, 2.05) is 13.1 Å². The van der Waals surface area contributed by atoms with Crippen LogP contribution in [-0.2, 0) is 0 Å². The van der Waals surface area contributed by atoms with E-state index in [2.05, 4.69) is 40.6 Å². The highest BCUT2D eigenvalue weighted by atomic mass is 15.3. The minimum atomic E-state index is 0.364. The Labute approximate surface area is 139 Å².